The minimum Gasteiger partial charge on any atom is -0.508 e. The van der Waals surface area contributed by atoms with Gasteiger partial charge >= 0.3 is 0 Å². The van der Waals surface area contributed by atoms with Crippen molar-refractivity contribution < 1.29 is 19.8 Å². The van der Waals surface area contributed by atoms with Gasteiger partial charge in [-0.25, -0.2) is 0 Å². The number of nitrogens with zero attached hydrogens (tertiary/aromatic N) is 2. The number of phenolic OH excluding ortho intramolecular Hbond substituents is 1. The van der Waals surface area contributed by atoms with Crippen LogP contribution in [0.1, 0.15) is 31.0 Å². The zero-order valence-corrected chi connectivity index (χ0v) is 20.8. The minimum atomic E-state index is -0.855. The third kappa shape index (κ3) is 4.31. The van der Waals surface area contributed by atoms with E-state index in [0.29, 0.717) is 16.8 Å². The van der Waals surface area contributed by atoms with Crippen LogP contribution in [-0.2, 0) is 9.59 Å². The molecule has 0 saturated carbocycles. The summed E-state index contributed by atoms with van der Waals surface area (Å²) in [6.45, 7) is 5.85. The first kappa shape index (κ1) is 24.1. The van der Waals surface area contributed by atoms with E-state index in [4.69, 9.17) is 0 Å². The molecule has 1 saturated heterocycles. The lowest BCUT2D eigenvalue weighted by Crippen LogP contribution is -2.29. The number of Topliss-reactive ketones (excluding diaryl/α,β-unsaturated/α-hetero) is 1. The van der Waals surface area contributed by atoms with Gasteiger partial charge in [0.25, 0.3) is 11.7 Å². The van der Waals surface area contributed by atoms with Crippen molar-refractivity contribution in [1.82, 2.24) is 0 Å². The van der Waals surface area contributed by atoms with Crippen LogP contribution in [0, 0.1) is 0 Å². The van der Waals surface area contributed by atoms with E-state index in [1.807, 2.05) is 60.7 Å². The summed E-state index contributed by atoms with van der Waals surface area (Å²) in [6.07, 6.45) is 0. The number of anilines is 2. The molecule has 0 bridgehead atoms. The Morgan fingerprint density at radius 3 is 2.14 bits per heavy atom. The lowest BCUT2D eigenvalue weighted by molar-refractivity contribution is -0.132. The largest absolute Gasteiger partial charge is 0.508 e. The van der Waals surface area contributed by atoms with Crippen LogP contribution in [-0.4, -0.2) is 35.0 Å². The Balaban J connectivity index is 1.66. The van der Waals surface area contributed by atoms with Crippen molar-refractivity contribution in [3.63, 3.8) is 0 Å². The number of fused-ring (bicyclic) bond motifs is 1. The molecule has 186 valence electrons. The average molecular weight is 493 g/mol. The summed E-state index contributed by atoms with van der Waals surface area (Å²) in [6, 6.07) is 26.2. The molecule has 6 heteroatoms. The lowest BCUT2D eigenvalue weighted by Gasteiger charge is -2.27. The Labute approximate surface area is 215 Å². The zero-order valence-electron chi connectivity index (χ0n) is 20.8. The Kier molecular flexibility index (Phi) is 6.40. The average Bonchev–Trinajstić information content (AvgIpc) is 3.19. The summed E-state index contributed by atoms with van der Waals surface area (Å²) >= 11 is 0. The highest BCUT2D eigenvalue weighted by atomic mass is 16.3. The second-order valence-corrected chi connectivity index (χ2v) is 9.01. The molecule has 1 heterocycles. The van der Waals surface area contributed by atoms with Gasteiger partial charge in [0.15, 0.2) is 0 Å². The molecular weight excluding hydrogens is 464 g/mol. The number of ketones is 1. The van der Waals surface area contributed by atoms with E-state index >= 15 is 0 Å². The van der Waals surface area contributed by atoms with E-state index in [2.05, 4.69) is 18.7 Å². The quantitative estimate of drug-likeness (QED) is 0.195. The SMILES string of the molecule is CCN(CC)c1ccc(N2C(=O)C(=O)/C(=C(\O)c3ccc4ccccc4c3)C2c2ccc(O)cc2)cc1. The number of carbonyl (C=O) groups is 2. The first-order chi connectivity index (χ1) is 17.9. The Morgan fingerprint density at radius 2 is 1.49 bits per heavy atom. The zero-order chi connectivity index (χ0) is 26.1. The van der Waals surface area contributed by atoms with Gasteiger partial charge in [-0.3, -0.25) is 14.5 Å². The first-order valence-corrected chi connectivity index (χ1v) is 12.4. The Hall–Kier alpha value is -4.58. The number of aliphatic hydroxyl groups is 1. The molecule has 37 heavy (non-hydrogen) atoms. The van der Waals surface area contributed by atoms with Crippen molar-refractivity contribution in [3.8, 4) is 5.75 Å². The Bertz CT molecular complexity index is 1500. The fourth-order valence-corrected chi connectivity index (χ4v) is 4.98. The van der Waals surface area contributed by atoms with Gasteiger partial charge in [0, 0.05) is 30.0 Å². The van der Waals surface area contributed by atoms with Crippen molar-refractivity contribution in [2.24, 2.45) is 0 Å². The summed E-state index contributed by atoms with van der Waals surface area (Å²) in [5.41, 5.74) is 2.64. The lowest BCUT2D eigenvalue weighted by atomic mass is 9.94. The summed E-state index contributed by atoms with van der Waals surface area (Å²) < 4.78 is 0. The molecule has 1 atom stereocenters. The predicted octanol–water partition coefficient (Wildman–Crippen LogP) is 6.02. The molecule has 0 aromatic heterocycles. The number of benzene rings is 4. The van der Waals surface area contributed by atoms with Crippen LogP contribution in [0.3, 0.4) is 0 Å². The molecule has 1 aliphatic heterocycles. The molecule has 2 N–H and O–H groups in total. The number of hydrogen-bond donors (Lipinski definition) is 2. The number of phenols is 1. The van der Waals surface area contributed by atoms with Crippen molar-refractivity contribution in [2.75, 3.05) is 22.9 Å². The van der Waals surface area contributed by atoms with Crippen LogP contribution in [0.15, 0.2) is 96.6 Å². The van der Waals surface area contributed by atoms with Gasteiger partial charge in [-0.2, -0.15) is 0 Å². The second-order valence-electron chi connectivity index (χ2n) is 9.01. The molecule has 0 aliphatic carbocycles. The summed E-state index contributed by atoms with van der Waals surface area (Å²) in [5.74, 6) is -1.63. The molecule has 1 fully saturated rings. The van der Waals surface area contributed by atoms with Gasteiger partial charge < -0.3 is 15.1 Å². The van der Waals surface area contributed by atoms with Crippen LogP contribution in [0.2, 0.25) is 0 Å². The van der Waals surface area contributed by atoms with Gasteiger partial charge in [-0.05, 0) is 72.6 Å². The van der Waals surface area contributed by atoms with Crippen molar-refractivity contribution in [3.05, 3.63) is 108 Å². The summed E-state index contributed by atoms with van der Waals surface area (Å²) in [5, 5.41) is 23.2. The number of carbonyl (C=O) groups excluding carboxylic acids is 2. The molecular formula is C31H28N2O4. The van der Waals surface area contributed by atoms with E-state index < -0.39 is 17.7 Å². The number of aromatic hydroxyl groups is 1. The molecule has 0 radical (unpaired) electrons. The standard InChI is InChI=1S/C31H28N2O4/c1-3-32(4-2)24-13-15-25(16-14-24)33-28(21-11-17-26(34)18-12-21)27(30(36)31(33)37)29(35)23-10-9-20-7-5-6-8-22(20)19-23/h5-19,28,34-35H,3-4H2,1-2H3/b29-27-. The van der Waals surface area contributed by atoms with E-state index in [0.717, 1.165) is 29.5 Å². The number of hydrogen-bond acceptors (Lipinski definition) is 5. The molecule has 6 nitrogen and oxygen atoms in total. The fraction of sp³-hybridized carbons (Fsp3) is 0.161. The number of amides is 1. The van der Waals surface area contributed by atoms with E-state index in [1.165, 1.54) is 17.0 Å². The summed E-state index contributed by atoms with van der Waals surface area (Å²) in [7, 11) is 0. The van der Waals surface area contributed by atoms with Gasteiger partial charge in [-0.1, -0.05) is 48.5 Å². The first-order valence-electron chi connectivity index (χ1n) is 12.4. The van der Waals surface area contributed by atoms with Gasteiger partial charge in [0.05, 0.1) is 11.6 Å². The molecule has 0 spiro atoms. The third-order valence-electron chi connectivity index (χ3n) is 6.93. The predicted molar refractivity (Wildman–Crippen MR) is 147 cm³/mol. The van der Waals surface area contributed by atoms with Crippen molar-refractivity contribution in [2.45, 2.75) is 19.9 Å². The topological polar surface area (TPSA) is 81.1 Å². The Morgan fingerprint density at radius 1 is 0.838 bits per heavy atom. The monoisotopic (exact) mass is 492 g/mol. The van der Waals surface area contributed by atoms with E-state index in [-0.39, 0.29) is 17.1 Å². The van der Waals surface area contributed by atoms with Crippen LogP contribution < -0.4 is 9.80 Å². The second kappa shape index (κ2) is 9.82. The smallest absolute Gasteiger partial charge is 0.300 e. The normalized spacial score (nSPS) is 16.9. The third-order valence-corrected chi connectivity index (χ3v) is 6.93. The van der Waals surface area contributed by atoms with Gasteiger partial charge in [-0.15, -0.1) is 0 Å². The van der Waals surface area contributed by atoms with E-state index in [9.17, 15) is 19.8 Å². The highest BCUT2D eigenvalue weighted by molar-refractivity contribution is 6.51. The van der Waals surface area contributed by atoms with Crippen LogP contribution in [0.5, 0.6) is 5.75 Å². The van der Waals surface area contributed by atoms with Crippen LogP contribution in [0.25, 0.3) is 16.5 Å². The molecule has 1 amide bonds. The number of aliphatic hydroxyl groups excluding tert-OH is 1. The maximum absolute atomic E-state index is 13.4. The summed E-state index contributed by atoms with van der Waals surface area (Å²) in [4.78, 5) is 30.5. The highest BCUT2D eigenvalue weighted by Gasteiger charge is 2.47. The van der Waals surface area contributed by atoms with Gasteiger partial charge in [0.1, 0.15) is 11.5 Å². The highest BCUT2D eigenvalue weighted by Crippen LogP contribution is 2.43. The maximum Gasteiger partial charge on any atom is 0.300 e. The molecule has 1 unspecified atom stereocenters. The number of rotatable bonds is 6. The van der Waals surface area contributed by atoms with Crippen molar-refractivity contribution in [1.29, 1.82) is 0 Å². The van der Waals surface area contributed by atoms with Crippen LogP contribution in [0.4, 0.5) is 11.4 Å². The minimum absolute atomic E-state index is 0.0128. The van der Waals surface area contributed by atoms with E-state index in [1.54, 1.807) is 18.2 Å². The fourth-order valence-electron chi connectivity index (χ4n) is 4.98. The molecule has 4 aromatic rings. The molecule has 1 aliphatic rings. The van der Waals surface area contributed by atoms with Crippen molar-refractivity contribution >= 4 is 39.6 Å². The molecule has 4 aromatic carbocycles. The molecule has 5 rings (SSSR count). The maximum atomic E-state index is 13.4. The van der Waals surface area contributed by atoms with Crippen LogP contribution >= 0.6 is 0 Å². The van der Waals surface area contributed by atoms with Gasteiger partial charge in [0.2, 0.25) is 0 Å².